The van der Waals surface area contributed by atoms with E-state index in [9.17, 15) is 9.59 Å². The van der Waals surface area contributed by atoms with Gasteiger partial charge in [-0.15, -0.1) is 0 Å². The molecule has 7 heteroatoms. The molecule has 0 aromatic carbocycles. The zero-order valence-electron chi connectivity index (χ0n) is 12.8. The maximum Gasteiger partial charge on any atom is 0.311 e. The van der Waals surface area contributed by atoms with Gasteiger partial charge in [-0.25, -0.2) is 0 Å². The number of carbonyl (C=O) groups is 2. The van der Waals surface area contributed by atoms with Gasteiger partial charge in [0.2, 0.25) is 0 Å². The third-order valence-corrected chi connectivity index (χ3v) is 4.03. The molecule has 0 aromatic rings. The number of nitrogens with zero attached hydrogens (tertiary/aromatic N) is 3. The van der Waals surface area contributed by atoms with E-state index in [1.807, 2.05) is 7.05 Å². The molecule has 0 atom stereocenters. The average Bonchev–Trinajstić information content (AvgIpc) is 2.52. The minimum Gasteiger partial charge on any atom is -0.379 e. The molecule has 2 rings (SSSR count). The number of morpholine rings is 1. The molecule has 0 aromatic heterocycles. The predicted octanol–water partition coefficient (Wildman–Crippen LogP) is -1.40. The zero-order chi connectivity index (χ0) is 15.1. The Bertz CT molecular complexity index is 350. The zero-order valence-corrected chi connectivity index (χ0v) is 12.8. The van der Waals surface area contributed by atoms with Gasteiger partial charge in [0.1, 0.15) is 0 Å². The number of carbonyl (C=O) groups excluding carboxylic acids is 2. The third-order valence-electron chi connectivity index (χ3n) is 4.03. The van der Waals surface area contributed by atoms with E-state index in [2.05, 4.69) is 15.1 Å². The van der Waals surface area contributed by atoms with Crippen molar-refractivity contribution in [3.63, 3.8) is 0 Å². The Kier molecular flexibility index (Phi) is 6.41. The highest BCUT2D eigenvalue weighted by atomic mass is 16.5. The Morgan fingerprint density at radius 2 is 1.71 bits per heavy atom. The smallest absolute Gasteiger partial charge is 0.311 e. The first kappa shape index (κ1) is 16.2. The molecule has 2 aliphatic rings. The largest absolute Gasteiger partial charge is 0.379 e. The first-order valence-electron chi connectivity index (χ1n) is 7.72. The highest BCUT2D eigenvalue weighted by Crippen LogP contribution is 2.00. The lowest BCUT2D eigenvalue weighted by molar-refractivity contribution is -0.146. The molecule has 2 saturated heterocycles. The Morgan fingerprint density at radius 3 is 2.38 bits per heavy atom. The molecule has 2 amide bonds. The third kappa shape index (κ3) is 5.26. The van der Waals surface area contributed by atoms with Crippen LogP contribution in [0.15, 0.2) is 0 Å². The molecule has 2 aliphatic heterocycles. The number of nitrogens with one attached hydrogen (secondary N) is 1. The Hall–Kier alpha value is -1.18. The van der Waals surface area contributed by atoms with Crippen molar-refractivity contribution in [3.8, 4) is 0 Å². The number of hydrogen-bond donors (Lipinski definition) is 1. The Morgan fingerprint density at radius 1 is 1.05 bits per heavy atom. The van der Waals surface area contributed by atoms with Crippen LogP contribution in [0.1, 0.15) is 6.42 Å². The number of likely N-dealkylation sites (N-methyl/N-ethyl adjacent to an activating group) is 1. The number of ether oxygens (including phenoxy) is 1. The fourth-order valence-electron chi connectivity index (χ4n) is 2.56. The van der Waals surface area contributed by atoms with Gasteiger partial charge in [0.05, 0.1) is 13.2 Å². The van der Waals surface area contributed by atoms with E-state index in [4.69, 9.17) is 4.74 Å². The van der Waals surface area contributed by atoms with Crippen molar-refractivity contribution >= 4 is 11.8 Å². The maximum atomic E-state index is 12.0. The molecule has 0 spiro atoms. The van der Waals surface area contributed by atoms with Crippen LogP contribution in [0.25, 0.3) is 0 Å². The van der Waals surface area contributed by atoms with Crippen molar-refractivity contribution in [2.24, 2.45) is 0 Å². The number of hydrogen-bond acceptors (Lipinski definition) is 5. The maximum absolute atomic E-state index is 12.0. The molecular weight excluding hydrogens is 272 g/mol. The first-order valence-corrected chi connectivity index (χ1v) is 7.72. The van der Waals surface area contributed by atoms with Crippen LogP contribution in [0.2, 0.25) is 0 Å². The second kappa shape index (κ2) is 8.31. The van der Waals surface area contributed by atoms with E-state index in [1.165, 1.54) is 0 Å². The number of piperazine rings is 1. The standard InChI is InChI=1S/C14H26N4O3/c1-16-5-7-18(8-6-16)14(20)13(19)15-3-2-4-17-9-11-21-12-10-17/h2-12H2,1H3,(H,15,19). The van der Waals surface area contributed by atoms with Gasteiger partial charge >= 0.3 is 11.8 Å². The van der Waals surface area contributed by atoms with E-state index in [1.54, 1.807) is 4.90 Å². The van der Waals surface area contributed by atoms with Crippen molar-refractivity contribution < 1.29 is 14.3 Å². The highest BCUT2D eigenvalue weighted by Gasteiger charge is 2.24. The second-order valence-corrected chi connectivity index (χ2v) is 5.66. The molecule has 21 heavy (non-hydrogen) atoms. The molecule has 0 unspecified atom stereocenters. The van der Waals surface area contributed by atoms with Crippen LogP contribution in [0.4, 0.5) is 0 Å². The summed E-state index contributed by atoms with van der Waals surface area (Å²) in [5.74, 6) is -0.865. The molecular formula is C14H26N4O3. The highest BCUT2D eigenvalue weighted by molar-refractivity contribution is 6.35. The van der Waals surface area contributed by atoms with Crippen molar-refractivity contribution in [1.29, 1.82) is 0 Å². The minimum atomic E-state index is -0.471. The van der Waals surface area contributed by atoms with Gasteiger partial charge < -0.3 is 19.9 Å². The lowest BCUT2D eigenvalue weighted by Crippen LogP contribution is -2.51. The van der Waals surface area contributed by atoms with Crippen LogP contribution in [-0.4, -0.2) is 99.1 Å². The number of rotatable bonds is 4. The van der Waals surface area contributed by atoms with Crippen LogP contribution in [0.5, 0.6) is 0 Å². The molecule has 2 heterocycles. The van der Waals surface area contributed by atoms with Crippen molar-refractivity contribution in [2.75, 3.05) is 72.6 Å². The summed E-state index contributed by atoms with van der Waals surface area (Å²) in [6, 6.07) is 0. The van der Waals surface area contributed by atoms with Crippen LogP contribution in [0, 0.1) is 0 Å². The van der Waals surface area contributed by atoms with E-state index in [0.29, 0.717) is 19.6 Å². The van der Waals surface area contributed by atoms with E-state index < -0.39 is 11.8 Å². The van der Waals surface area contributed by atoms with Crippen molar-refractivity contribution in [2.45, 2.75) is 6.42 Å². The summed E-state index contributed by atoms with van der Waals surface area (Å²) in [4.78, 5) is 29.9. The lowest BCUT2D eigenvalue weighted by Gasteiger charge is -2.31. The van der Waals surface area contributed by atoms with Crippen molar-refractivity contribution in [3.05, 3.63) is 0 Å². The fraction of sp³-hybridized carbons (Fsp3) is 0.857. The molecule has 120 valence electrons. The minimum absolute atomic E-state index is 0.394. The molecule has 0 bridgehead atoms. The summed E-state index contributed by atoms with van der Waals surface area (Å²) in [6.07, 6.45) is 0.863. The Labute approximate surface area is 126 Å². The Balaban J connectivity index is 1.59. The molecule has 1 N–H and O–H groups in total. The van der Waals surface area contributed by atoms with Gasteiger partial charge in [0.25, 0.3) is 0 Å². The van der Waals surface area contributed by atoms with Crippen LogP contribution < -0.4 is 5.32 Å². The van der Waals surface area contributed by atoms with Gasteiger partial charge in [-0.2, -0.15) is 0 Å². The quantitative estimate of drug-likeness (QED) is 0.511. The van der Waals surface area contributed by atoms with Crippen LogP contribution in [-0.2, 0) is 14.3 Å². The molecule has 0 saturated carbocycles. The van der Waals surface area contributed by atoms with Crippen LogP contribution in [0.3, 0.4) is 0 Å². The second-order valence-electron chi connectivity index (χ2n) is 5.66. The monoisotopic (exact) mass is 298 g/mol. The number of amides is 2. The fourth-order valence-corrected chi connectivity index (χ4v) is 2.56. The molecule has 7 nitrogen and oxygen atoms in total. The van der Waals surface area contributed by atoms with E-state index in [0.717, 1.165) is 52.4 Å². The van der Waals surface area contributed by atoms with Gasteiger partial charge in [-0.05, 0) is 20.0 Å². The van der Waals surface area contributed by atoms with E-state index >= 15 is 0 Å². The molecule has 0 aliphatic carbocycles. The predicted molar refractivity (Wildman–Crippen MR) is 79.0 cm³/mol. The molecule has 2 fully saturated rings. The summed E-state index contributed by atoms with van der Waals surface area (Å²) < 4.78 is 5.29. The summed E-state index contributed by atoms with van der Waals surface area (Å²) in [7, 11) is 2.02. The van der Waals surface area contributed by atoms with Gasteiger partial charge in [0.15, 0.2) is 0 Å². The van der Waals surface area contributed by atoms with Gasteiger partial charge in [0, 0.05) is 45.8 Å². The summed E-state index contributed by atoms with van der Waals surface area (Å²) in [6.45, 7) is 7.89. The normalized spacial score (nSPS) is 21.3. The molecule has 0 radical (unpaired) electrons. The average molecular weight is 298 g/mol. The van der Waals surface area contributed by atoms with E-state index in [-0.39, 0.29) is 0 Å². The van der Waals surface area contributed by atoms with Gasteiger partial charge in [-0.1, -0.05) is 0 Å². The van der Waals surface area contributed by atoms with Gasteiger partial charge in [-0.3, -0.25) is 14.5 Å². The SMILES string of the molecule is CN1CCN(C(=O)C(=O)NCCCN2CCOCC2)CC1. The summed E-state index contributed by atoms with van der Waals surface area (Å²) >= 11 is 0. The summed E-state index contributed by atoms with van der Waals surface area (Å²) in [5, 5.41) is 2.73. The lowest BCUT2D eigenvalue weighted by atomic mass is 10.3. The van der Waals surface area contributed by atoms with Crippen LogP contribution >= 0.6 is 0 Å². The first-order chi connectivity index (χ1) is 10.2. The van der Waals surface area contributed by atoms with Crippen molar-refractivity contribution in [1.82, 2.24) is 20.0 Å². The summed E-state index contributed by atoms with van der Waals surface area (Å²) in [5.41, 5.74) is 0. The topological polar surface area (TPSA) is 65.1 Å².